The summed E-state index contributed by atoms with van der Waals surface area (Å²) >= 11 is 0. The van der Waals surface area contributed by atoms with Gasteiger partial charge in [-0.25, -0.2) is 4.98 Å². The number of aryl methyl sites for hydroxylation is 1. The Bertz CT molecular complexity index is 389. The first-order valence-corrected chi connectivity index (χ1v) is 8.43. The van der Waals surface area contributed by atoms with Gasteiger partial charge in [0, 0.05) is 18.6 Å². The molecule has 0 aromatic carbocycles. The van der Waals surface area contributed by atoms with Crippen LogP contribution in [0, 0.1) is 5.92 Å². The molecule has 3 rings (SSSR count). The monoisotopic (exact) mass is 276 g/mol. The normalized spacial score (nSPS) is 30.6. The number of hydrogen-bond acceptors (Lipinski definition) is 3. The van der Waals surface area contributed by atoms with Crippen molar-refractivity contribution in [1.82, 2.24) is 19.7 Å². The summed E-state index contributed by atoms with van der Waals surface area (Å²) in [6.45, 7) is 4.76. The molecule has 2 fully saturated rings. The molecule has 0 unspecified atom stereocenters. The third-order valence-electron chi connectivity index (χ3n) is 5.28. The van der Waals surface area contributed by atoms with E-state index in [-0.39, 0.29) is 0 Å². The molecule has 1 aliphatic heterocycles. The lowest BCUT2D eigenvalue weighted by molar-refractivity contribution is 0.153. The molecular weight excluding hydrogens is 248 g/mol. The Morgan fingerprint density at radius 2 is 1.95 bits per heavy atom. The van der Waals surface area contributed by atoms with Gasteiger partial charge in [-0.15, -0.1) is 0 Å². The number of rotatable bonds is 6. The third-order valence-corrected chi connectivity index (χ3v) is 5.28. The third kappa shape index (κ3) is 3.22. The highest BCUT2D eigenvalue weighted by Gasteiger charge is 2.39. The number of fused-ring (bicyclic) bond motifs is 1. The van der Waals surface area contributed by atoms with E-state index >= 15 is 0 Å². The molecule has 1 aliphatic carbocycles. The van der Waals surface area contributed by atoms with Crippen LogP contribution in [0.15, 0.2) is 12.7 Å². The summed E-state index contributed by atoms with van der Waals surface area (Å²) in [6, 6.07) is 1.73. The van der Waals surface area contributed by atoms with Crippen LogP contribution in [0.25, 0.3) is 0 Å². The Morgan fingerprint density at radius 3 is 2.80 bits per heavy atom. The first-order valence-electron chi connectivity index (χ1n) is 8.43. The second kappa shape index (κ2) is 6.70. The van der Waals surface area contributed by atoms with Crippen LogP contribution in [-0.2, 0) is 6.54 Å². The van der Waals surface area contributed by atoms with Gasteiger partial charge in [0.15, 0.2) is 0 Å². The van der Waals surface area contributed by atoms with Crippen molar-refractivity contribution in [2.75, 3.05) is 6.54 Å². The highest BCUT2D eigenvalue weighted by Crippen LogP contribution is 2.39. The lowest BCUT2D eigenvalue weighted by Crippen LogP contribution is -2.38. The average molecular weight is 276 g/mol. The second-order valence-corrected chi connectivity index (χ2v) is 6.65. The van der Waals surface area contributed by atoms with Crippen LogP contribution in [0.5, 0.6) is 0 Å². The van der Waals surface area contributed by atoms with Gasteiger partial charge >= 0.3 is 0 Å². The standard InChI is InChI=1S/C16H28N4/c1-14-11-15-7-3-4-8-16(15)20(14)10-6-2-5-9-19-13-17-12-18-19/h12-16H,2-11H2,1H3/t14-,15-,16+/m1/s1. The highest BCUT2D eigenvalue weighted by molar-refractivity contribution is 4.93. The molecule has 1 aromatic heterocycles. The molecule has 2 aliphatic rings. The van der Waals surface area contributed by atoms with E-state index in [0.29, 0.717) is 0 Å². The van der Waals surface area contributed by atoms with Crippen LogP contribution < -0.4 is 0 Å². The van der Waals surface area contributed by atoms with Gasteiger partial charge in [0.1, 0.15) is 12.7 Å². The van der Waals surface area contributed by atoms with E-state index in [2.05, 4.69) is 21.9 Å². The Labute approximate surface area is 122 Å². The molecule has 2 heterocycles. The van der Waals surface area contributed by atoms with Gasteiger partial charge in [-0.2, -0.15) is 5.10 Å². The minimum atomic E-state index is 0.818. The van der Waals surface area contributed by atoms with Crippen LogP contribution in [0.4, 0.5) is 0 Å². The molecule has 4 nitrogen and oxygen atoms in total. The molecule has 1 aromatic rings. The molecule has 0 N–H and O–H groups in total. The lowest BCUT2D eigenvalue weighted by atomic mass is 9.85. The Balaban J connectivity index is 1.37. The smallest absolute Gasteiger partial charge is 0.137 e. The molecule has 0 spiro atoms. The maximum absolute atomic E-state index is 4.15. The van der Waals surface area contributed by atoms with Gasteiger partial charge in [0.2, 0.25) is 0 Å². The Morgan fingerprint density at radius 1 is 1.10 bits per heavy atom. The van der Waals surface area contributed by atoms with Gasteiger partial charge in [0.25, 0.3) is 0 Å². The number of hydrogen-bond donors (Lipinski definition) is 0. The van der Waals surface area contributed by atoms with Gasteiger partial charge in [-0.1, -0.05) is 19.3 Å². The summed E-state index contributed by atoms with van der Waals surface area (Å²) in [6.07, 6.45) is 14.6. The zero-order chi connectivity index (χ0) is 13.8. The first-order chi connectivity index (χ1) is 9.84. The van der Waals surface area contributed by atoms with Gasteiger partial charge in [0.05, 0.1) is 0 Å². The lowest BCUT2D eigenvalue weighted by Gasteiger charge is -2.33. The number of likely N-dealkylation sites (tertiary alicyclic amines) is 1. The quantitative estimate of drug-likeness (QED) is 0.749. The highest BCUT2D eigenvalue weighted by atomic mass is 15.3. The average Bonchev–Trinajstić information content (AvgIpc) is 3.06. The van der Waals surface area contributed by atoms with Gasteiger partial charge < -0.3 is 0 Å². The fourth-order valence-corrected chi connectivity index (χ4v) is 4.28. The molecule has 1 saturated heterocycles. The van der Waals surface area contributed by atoms with Crippen LogP contribution in [0.3, 0.4) is 0 Å². The molecule has 0 bridgehead atoms. The summed E-state index contributed by atoms with van der Waals surface area (Å²) in [5.41, 5.74) is 0. The molecule has 1 saturated carbocycles. The summed E-state index contributed by atoms with van der Waals surface area (Å²) in [4.78, 5) is 6.80. The first kappa shape index (κ1) is 14.1. The topological polar surface area (TPSA) is 34.0 Å². The van der Waals surface area contributed by atoms with Crippen LogP contribution in [-0.4, -0.2) is 38.3 Å². The van der Waals surface area contributed by atoms with Crippen LogP contribution >= 0.6 is 0 Å². The van der Waals surface area contributed by atoms with Crippen molar-refractivity contribution >= 4 is 0 Å². The number of nitrogens with zero attached hydrogens (tertiary/aromatic N) is 4. The van der Waals surface area contributed by atoms with Crippen molar-refractivity contribution < 1.29 is 0 Å². The van der Waals surface area contributed by atoms with Crippen LogP contribution in [0.2, 0.25) is 0 Å². The number of unbranched alkanes of at least 4 members (excludes halogenated alkanes) is 2. The van der Waals surface area contributed by atoms with Crippen molar-refractivity contribution in [3.63, 3.8) is 0 Å². The zero-order valence-electron chi connectivity index (χ0n) is 12.7. The molecule has 0 radical (unpaired) electrons. The van der Waals surface area contributed by atoms with Crippen LogP contribution in [0.1, 0.15) is 58.3 Å². The van der Waals surface area contributed by atoms with E-state index in [1.807, 2.05) is 11.0 Å². The van der Waals surface area contributed by atoms with Gasteiger partial charge in [-0.05, 0) is 51.5 Å². The summed E-state index contributed by atoms with van der Waals surface area (Å²) in [7, 11) is 0. The molecule has 3 atom stereocenters. The minimum absolute atomic E-state index is 0.818. The largest absolute Gasteiger partial charge is 0.297 e. The van der Waals surface area contributed by atoms with E-state index in [0.717, 1.165) is 24.5 Å². The van der Waals surface area contributed by atoms with Crippen molar-refractivity contribution in [1.29, 1.82) is 0 Å². The van der Waals surface area contributed by atoms with Crippen molar-refractivity contribution in [3.05, 3.63) is 12.7 Å². The number of aromatic nitrogens is 3. The molecule has 4 heteroatoms. The molecule has 0 amide bonds. The minimum Gasteiger partial charge on any atom is -0.297 e. The van der Waals surface area contributed by atoms with E-state index < -0.39 is 0 Å². The maximum Gasteiger partial charge on any atom is 0.137 e. The fraction of sp³-hybridized carbons (Fsp3) is 0.875. The SMILES string of the molecule is C[C@@H]1C[C@H]2CCCC[C@@H]2N1CCCCCn1cncn1. The maximum atomic E-state index is 4.15. The predicted molar refractivity (Wildman–Crippen MR) is 80.4 cm³/mol. The molecule has 20 heavy (non-hydrogen) atoms. The zero-order valence-corrected chi connectivity index (χ0v) is 12.7. The van der Waals surface area contributed by atoms with Crippen molar-refractivity contribution in [2.45, 2.75) is 76.9 Å². The molecule has 112 valence electrons. The van der Waals surface area contributed by atoms with E-state index in [1.54, 1.807) is 6.33 Å². The van der Waals surface area contributed by atoms with E-state index in [4.69, 9.17) is 0 Å². The van der Waals surface area contributed by atoms with Gasteiger partial charge in [-0.3, -0.25) is 9.58 Å². The second-order valence-electron chi connectivity index (χ2n) is 6.65. The van der Waals surface area contributed by atoms with E-state index in [1.165, 1.54) is 57.9 Å². The Hall–Kier alpha value is -0.900. The van der Waals surface area contributed by atoms with Crippen molar-refractivity contribution in [3.8, 4) is 0 Å². The summed E-state index contributed by atoms with van der Waals surface area (Å²) < 4.78 is 1.94. The molecular formula is C16H28N4. The van der Waals surface area contributed by atoms with Crippen molar-refractivity contribution in [2.24, 2.45) is 5.92 Å². The Kier molecular flexibility index (Phi) is 4.71. The summed E-state index contributed by atoms with van der Waals surface area (Å²) in [5, 5.41) is 4.15. The summed E-state index contributed by atoms with van der Waals surface area (Å²) in [5.74, 6) is 1.01. The fourth-order valence-electron chi connectivity index (χ4n) is 4.28. The predicted octanol–water partition coefficient (Wildman–Crippen LogP) is 3.10. The van der Waals surface area contributed by atoms with E-state index in [9.17, 15) is 0 Å².